The second-order valence-electron chi connectivity index (χ2n) is 3.45. The highest BCUT2D eigenvalue weighted by Gasteiger charge is 2.09. The average molecular weight is 220 g/mol. The molecular formula is C11H9FN2O2. The third kappa shape index (κ3) is 1.67. The van der Waals surface area contributed by atoms with Gasteiger partial charge >= 0.3 is 0 Å². The van der Waals surface area contributed by atoms with Crippen LogP contribution in [-0.4, -0.2) is 9.91 Å². The van der Waals surface area contributed by atoms with E-state index in [1.54, 1.807) is 18.3 Å². The summed E-state index contributed by atoms with van der Waals surface area (Å²) in [5.74, 6) is -0.388. The van der Waals surface area contributed by atoms with Crippen LogP contribution < -0.4 is 0 Å². The second kappa shape index (κ2) is 3.77. The standard InChI is InChI=1S/C11H9FN2O2/c1-7(14(15)16)5-8-6-13-10-4-2-3-9(12)11(8)10/h2-6,13H,1H3/b7-5-. The predicted octanol–water partition coefficient (Wildman–Crippen LogP) is 2.94. The van der Waals surface area contributed by atoms with Crippen LogP contribution in [0.2, 0.25) is 0 Å². The van der Waals surface area contributed by atoms with Gasteiger partial charge in [0.15, 0.2) is 0 Å². The Kier molecular flexibility index (Phi) is 2.44. The molecule has 0 unspecified atom stereocenters. The minimum Gasteiger partial charge on any atom is -0.360 e. The summed E-state index contributed by atoms with van der Waals surface area (Å²) in [6, 6.07) is 4.63. The zero-order valence-electron chi connectivity index (χ0n) is 8.53. The van der Waals surface area contributed by atoms with Crippen LogP contribution in [-0.2, 0) is 0 Å². The number of H-pyrrole nitrogens is 1. The van der Waals surface area contributed by atoms with Crippen molar-refractivity contribution in [3.63, 3.8) is 0 Å². The summed E-state index contributed by atoms with van der Waals surface area (Å²) in [5, 5.41) is 10.9. The molecule has 0 atom stereocenters. The fourth-order valence-electron chi connectivity index (χ4n) is 1.56. The van der Waals surface area contributed by atoms with Crippen LogP contribution in [0.1, 0.15) is 12.5 Å². The normalized spacial score (nSPS) is 12.0. The molecule has 0 spiro atoms. The number of allylic oxidation sites excluding steroid dienone is 1. The molecule has 0 saturated carbocycles. The number of benzene rings is 1. The van der Waals surface area contributed by atoms with Gasteiger partial charge in [-0.2, -0.15) is 0 Å². The Morgan fingerprint density at radius 2 is 2.31 bits per heavy atom. The molecule has 0 radical (unpaired) electrons. The van der Waals surface area contributed by atoms with E-state index in [0.29, 0.717) is 16.5 Å². The highest BCUT2D eigenvalue weighted by Crippen LogP contribution is 2.23. The number of nitrogens with one attached hydrogen (secondary N) is 1. The highest BCUT2D eigenvalue weighted by molar-refractivity contribution is 5.89. The van der Waals surface area contributed by atoms with E-state index in [9.17, 15) is 14.5 Å². The topological polar surface area (TPSA) is 58.9 Å². The zero-order chi connectivity index (χ0) is 11.7. The summed E-state index contributed by atoms with van der Waals surface area (Å²) >= 11 is 0. The van der Waals surface area contributed by atoms with E-state index in [-0.39, 0.29) is 11.5 Å². The van der Waals surface area contributed by atoms with Gasteiger partial charge in [0.1, 0.15) is 5.82 Å². The van der Waals surface area contributed by atoms with Crippen molar-refractivity contribution in [2.45, 2.75) is 6.92 Å². The van der Waals surface area contributed by atoms with Crippen LogP contribution in [0.5, 0.6) is 0 Å². The number of rotatable bonds is 2. The lowest BCUT2D eigenvalue weighted by molar-refractivity contribution is -0.422. The first-order valence-electron chi connectivity index (χ1n) is 4.68. The van der Waals surface area contributed by atoms with E-state index >= 15 is 0 Å². The first kappa shape index (κ1) is 10.4. The molecule has 0 bridgehead atoms. The van der Waals surface area contributed by atoms with E-state index in [4.69, 9.17) is 0 Å². The van der Waals surface area contributed by atoms with Gasteiger partial charge in [-0.25, -0.2) is 4.39 Å². The Bertz CT molecular complexity index is 587. The quantitative estimate of drug-likeness (QED) is 0.624. The molecule has 1 aromatic carbocycles. The Morgan fingerprint density at radius 3 is 3.00 bits per heavy atom. The second-order valence-corrected chi connectivity index (χ2v) is 3.45. The van der Waals surface area contributed by atoms with Crippen molar-refractivity contribution in [1.82, 2.24) is 4.98 Å². The number of nitro groups is 1. The van der Waals surface area contributed by atoms with Gasteiger partial charge < -0.3 is 4.98 Å². The van der Waals surface area contributed by atoms with Gasteiger partial charge in [-0.05, 0) is 12.1 Å². The van der Waals surface area contributed by atoms with Crippen LogP contribution in [0.3, 0.4) is 0 Å². The zero-order valence-corrected chi connectivity index (χ0v) is 8.53. The fourth-order valence-corrected chi connectivity index (χ4v) is 1.56. The number of hydrogen-bond acceptors (Lipinski definition) is 2. The molecule has 0 aliphatic rings. The van der Waals surface area contributed by atoms with Crippen LogP contribution in [0, 0.1) is 15.9 Å². The Labute approximate surface area is 90.5 Å². The van der Waals surface area contributed by atoms with Crippen molar-refractivity contribution in [3.05, 3.63) is 51.6 Å². The third-order valence-corrected chi connectivity index (χ3v) is 2.34. The first-order chi connectivity index (χ1) is 7.59. The number of nitrogens with zero attached hydrogens (tertiary/aromatic N) is 1. The number of hydrogen-bond donors (Lipinski definition) is 1. The summed E-state index contributed by atoms with van der Waals surface area (Å²) in [5.41, 5.74) is 1.09. The summed E-state index contributed by atoms with van der Waals surface area (Å²) in [4.78, 5) is 12.8. The smallest absolute Gasteiger partial charge is 0.243 e. The van der Waals surface area contributed by atoms with Crippen molar-refractivity contribution in [2.75, 3.05) is 0 Å². The maximum absolute atomic E-state index is 13.5. The van der Waals surface area contributed by atoms with Crippen LogP contribution >= 0.6 is 0 Å². The molecule has 1 heterocycles. The summed E-state index contributed by atoms with van der Waals surface area (Å²) < 4.78 is 13.5. The van der Waals surface area contributed by atoms with Crippen molar-refractivity contribution >= 4 is 17.0 Å². The molecule has 1 N–H and O–H groups in total. The van der Waals surface area contributed by atoms with Crippen molar-refractivity contribution in [1.29, 1.82) is 0 Å². The maximum Gasteiger partial charge on any atom is 0.243 e. The Balaban J connectivity index is 2.62. The van der Waals surface area contributed by atoms with Gasteiger partial charge in [0, 0.05) is 35.7 Å². The monoisotopic (exact) mass is 220 g/mol. The molecule has 5 heteroatoms. The maximum atomic E-state index is 13.5. The van der Waals surface area contributed by atoms with Gasteiger partial charge in [-0.15, -0.1) is 0 Å². The van der Waals surface area contributed by atoms with E-state index in [2.05, 4.69) is 4.98 Å². The van der Waals surface area contributed by atoms with E-state index in [1.165, 1.54) is 19.1 Å². The number of aromatic amines is 1. The van der Waals surface area contributed by atoms with Gasteiger partial charge in [0.25, 0.3) is 0 Å². The van der Waals surface area contributed by atoms with Gasteiger partial charge in [0.2, 0.25) is 5.70 Å². The largest absolute Gasteiger partial charge is 0.360 e. The van der Waals surface area contributed by atoms with Gasteiger partial charge in [-0.3, -0.25) is 10.1 Å². The molecule has 2 aromatic rings. The van der Waals surface area contributed by atoms with Crippen LogP contribution in [0.25, 0.3) is 17.0 Å². The van der Waals surface area contributed by atoms with Crippen LogP contribution in [0.4, 0.5) is 4.39 Å². The predicted molar refractivity (Wildman–Crippen MR) is 58.9 cm³/mol. The molecule has 4 nitrogen and oxygen atoms in total. The lowest BCUT2D eigenvalue weighted by Gasteiger charge is -1.94. The number of fused-ring (bicyclic) bond motifs is 1. The molecule has 1 aromatic heterocycles. The molecule has 82 valence electrons. The average Bonchev–Trinajstić information content (AvgIpc) is 2.63. The minimum absolute atomic E-state index is 0.0239. The first-order valence-corrected chi connectivity index (χ1v) is 4.68. The molecule has 0 amide bonds. The highest BCUT2D eigenvalue weighted by atomic mass is 19.1. The lowest BCUT2D eigenvalue weighted by atomic mass is 10.1. The van der Waals surface area contributed by atoms with E-state index in [1.807, 2.05) is 0 Å². The SMILES string of the molecule is C/C(=C/c1c[nH]c2cccc(F)c12)[N+](=O)[O-]. The van der Waals surface area contributed by atoms with Crippen molar-refractivity contribution in [3.8, 4) is 0 Å². The molecular weight excluding hydrogens is 211 g/mol. The minimum atomic E-state index is -0.500. The fraction of sp³-hybridized carbons (Fsp3) is 0.0909. The van der Waals surface area contributed by atoms with Crippen LogP contribution in [0.15, 0.2) is 30.1 Å². The number of halogens is 1. The lowest BCUT2D eigenvalue weighted by Crippen LogP contribution is -1.92. The third-order valence-electron chi connectivity index (χ3n) is 2.34. The molecule has 0 saturated heterocycles. The Hall–Kier alpha value is -2.17. The van der Waals surface area contributed by atoms with Gasteiger partial charge in [0.05, 0.1) is 4.92 Å². The summed E-state index contributed by atoms with van der Waals surface area (Å²) in [6.45, 7) is 1.37. The van der Waals surface area contributed by atoms with Crippen molar-refractivity contribution in [2.24, 2.45) is 0 Å². The summed E-state index contributed by atoms with van der Waals surface area (Å²) in [6.07, 6.45) is 2.91. The van der Waals surface area contributed by atoms with E-state index < -0.39 is 4.92 Å². The molecule has 0 fully saturated rings. The molecule has 2 rings (SSSR count). The Morgan fingerprint density at radius 1 is 1.56 bits per heavy atom. The van der Waals surface area contributed by atoms with E-state index in [0.717, 1.165) is 0 Å². The molecule has 0 aliphatic heterocycles. The molecule has 0 aliphatic carbocycles. The number of aromatic nitrogens is 1. The van der Waals surface area contributed by atoms with Gasteiger partial charge in [-0.1, -0.05) is 6.07 Å². The molecule has 16 heavy (non-hydrogen) atoms. The summed E-state index contributed by atoms with van der Waals surface area (Å²) in [7, 11) is 0. The van der Waals surface area contributed by atoms with Crippen molar-refractivity contribution < 1.29 is 9.31 Å².